The van der Waals surface area contributed by atoms with Crippen molar-refractivity contribution in [3.63, 3.8) is 0 Å². The number of sulfonamides is 1. The smallest absolute Gasteiger partial charge is 0.243 e. The minimum atomic E-state index is -3.46. The van der Waals surface area contributed by atoms with Gasteiger partial charge in [0.1, 0.15) is 0 Å². The first-order valence-corrected chi connectivity index (χ1v) is 7.73. The molecule has 1 heterocycles. The lowest BCUT2D eigenvalue weighted by Crippen LogP contribution is -2.31. The van der Waals surface area contributed by atoms with E-state index in [0.717, 1.165) is 0 Å². The van der Waals surface area contributed by atoms with Crippen molar-refractivity contribution in [1.82, 2.24) is 4.31 Å². The van der Waals surface area contributed by atoms with Crippen molar-refractivity contribution in [1.29, 1.82) is 0 Å². The van der Waals surface area contributed by atoms with Crippen LogP contribution < -0.4 is 5.73 Å². The molecule has 0 unspecified atom stereocenters. The second-order valence-electron chi connectivity index (χ2n) is 3.99. The van der Waals surface area contributed by atoms with Crippen LogP contribution in [0.3, 0.4) is 0 Å². The second kappa shape index (κ2) is 4.85. The molecule has 0 aliphatic carbocycles. The molecule has 4 nitrogen and oxygen atoms in total. The van der Waals surface area contributed by atoms with Gasteiger partial charge in [-0.3, -0.25) is 0 Å². The molecule has 2 N–H and O–H groups in total. The van der Waals surface area contributed by atoms with Crippen LogP contribution in [-0.4, -0.2) is 31.9 Å². The standard InChI is InChI=1S/C10H12BrClN2O2S/c11-9-2-1-8(5-10(9)12)17(15,16)14-4-3-7(13)6-14/h1-2,5,7H,3-4,6,13H2/t7-/m1/s1. The maximum absolute atomic E-state index is 12.2. The summed E-state index contributed by atoms with van der Waals surface area (Å²) < 4.78 is 26.6. The second-order valence-corrected chi connectivity index (χ2v) is 7.19. The Balaban J connectivity index is 2.35. The molecule has 17 heavy (non-hydrogen) atoms. The predicted octanol–water partition coefficient (Wildman–Crippen LogP) is 1.82. The van der Waals surface area contributed by atoms with Crippen LogP contribution in [0.2, 0.25) is 5.02 Å². The van der Waals surface area contributed by atoms with E-state index in [9.17, 15) is 8.42 Å². The first kappa shape index (κ1) is 13.3. The molecule has 1 aliphatic heterocycles. The van der Waals surface area contributed by atoms with E-state index in [1.165, 1.54) is 16.4 Å². The van der Waals surface area contributed by atoms with E-state index in [0.29, 0.717) is 29.0 Å². The van der Waals surface area contributed by atoms with Crippen LogP contribution in [0.4, 0.5) is 0 Å². The van der Waals surface area contributed by atoms with E-state index in [1.54, 1.807) is 6.07 Å². The lowest BCUT2D eigenvalue weighted by molar-refractivity contribution is 0.472. The van der Waals surface area contributed by atoms with E-state index < -0.39 is 10.0 Å². The Hall–Kier alpha value is -0.140. The Morgan fingerprint density at radius 3 is 2.71 bits per heavy atom. The van der Waals surface area contributed by atoms with E-state index in [4.69, 9.17) is 17.3 Å². The quantitative estimate of drug-likeness (QED) is 0.894. The Morgan fingerprint density at radius 1 is 1.47 bits per heavy atom. The maximum Gasteiger partial charge on any atom is 0.243 e. The third kappa shape index (κ3) is 2.66. The fourth-order valence-corrected chi connectivity index (χ4v) is 3.79. The van der Waals surface area contributed by atoms with Crippen molar-refractivity contribution in [2.24, 2.45) is 5.73 Å². The third-order valence-electron chi connectivity index (χ3n) is 2.72. The molecule has 94 valence electrons. The van der Waals surface area contributed by atoms with E-state index in [-0.39, 0.29) is 10.9 Å². The highest BCUT2D eigenvalue weighted by Crippen LogP contribution is 2.28. The van der Waals surface area contributed by atoms with Gasteiger partial charge in [-0.15, -0.1) is 0 Å². The van der Waals surface area contributed by atoms with Gasteiger partial charge in [-0.05, 0) is 40.5 Å². The molecule has 2 rings (SSSR count). The number of hydrogen-bond donors (Lipinski definition) is 1. The van der Waals surface area contributed by atoms with Crippen LogP contribution in [0.1, 0.15) is 6.42 Å². The Labute approximate surface area is 114 Å². The lowest BCUT2D eigenvalue weighted by Gasteiger charge is -2.16. The summed E-state index contributed by atoms with van der Waals surface area (Å²) in [7, 11) is -3.46. The minimum Gasteiger partial charge on any atom is -0.326 e. The summed E-state index contributed by atoms with van der Waals surface area (Å²) in [6, 6.07) is 4.54. The molecule has 7 heteroatoms. The molecule has 1 aromatic rings. The Morgan fingerprint density at radius 2 is 2.18 bits per heavy atom. The van der Waals surface area contributed by atoms with Crippen LogP contribution in [0, 0.1) is 0 Å². The van der Waals surface area contributed by atoms with Gasteiger partial charge in [0.05, 0.1) is 9.92 Å². The largest absolute Gasteiger partial charge is 0.326 e. The van der Waals surface area contributed by atoms with Gasteiger partial charge in [-0.25, -0.2) is 8.42 Å². The van der Waals surface area contributed by atoms with E-state index in [1.807, 2.05) is 0 Å². The van der Waals surface area contributed by atoms with E-state index >= 15 is 0 Å². The first-order valence-electron chi connectivity index (χ1n) is 5.12. The number of nitrogens with zero attached hydrogens (tertiary/aromatic N) is 1. The average Bonchev–Trinajstić information content (AvgIpc) is 2.69. The summed E-state index contributed by atoms with van der Waals surface area (Å²) in [4.78, 5) is 0.208. The summed E-state index contributed by atoms with van der Waals surface area (Å²) >= 11 is 9.13. The van der Waals surface area contributed by atoms with Crippen LogP contribution >= 0.6 is 27.5 Å². The molecule has 0 bridgehead atoms. The maximum atomic E-state index is 12.2. The van der Waals surface area contributed by atoms with E-state index in [2.05, 4.69) is 15.9 Å². The summed E-state index contributed by atoms with van der Waals surface area (Å²) in [6.45, 7) is 0.840. The van der Waals surface area contributed by atoms with Gasteiger partial charge < -0.3 is 5.73 Å². The SMILES string of the molecule is N[C@@H]1CCN(S(=O)(=O)c2ccc(Br)c(Cl)c2)C1. The van der Waals surface area contributed by atoms with Gasteiger partial charge in [0, 0.05) is 23.6 Å². The fraction of sp³-hybridized carbons (Fsp3) is 0.400. The zero-order valence-corrected chi connectivity index (χ0v) is 12.1. The first-order chi connectivity index (χ1) is 7.91. The molecular formula is C10H12BrClN2O2S. The van der Waals surface area contributed by atoms with Crippen molar-refractivity contribution in [3.05, 3.63) is 27.7 Å². The van der Waals surface area contributed by atoms with Gasteiger partial charge in [-0.1, -0.05) is 11.6 Å². The van der Waals surface area contributed by atoms with Gasteiger partial charge in [-0.2, -0.15) is 4.31 Å². The van der Waals surface area contributed by atoms with Gasteiger partial charge in [0.2, 0.25) is 10.0 Å². The lowest BCUT2D eigenvalue weighted by atomic mass is 10.3. The normalized spacial score (nSPS) is 21.9. The van der Waals surface area contributed by atoms with Crippen LogP contribution in [0.5, 0.6) is 0 Å². The predicted molar refractivity (Wildman–Crippen MR) is 70.5 cm³/mol. The monoisotopic (exact) mass is 338 g/mol. The van der Waals surface area contributed by atoms with Crippen molar-refractivity contribution < 1.29 is 8.42 Å². The van der Waals surface area contributed by atoms with Crippen molar-refractivity contribution in [3.8, 4) is 0 Å². The minimum absolute atomic E-state index is 0.0734. The zero-order chi connectivity index (χ0) is 12.6. The highest BCUT2D eigenvalue weighted by Gasteiger charge is 2.31. The number of hydrogen-bond acceptors (Lipinski definition) is 3. The molecule has 1 fully saturated rings. The van der Waals surface area contributed by atoms with Crippen LogP contribution in [0.15, 0.2) is 27.6 Å². The fourth-order valence-electron chi connectivity index (χ4n) is 1.76. The Kier molecular flexibility index (Phi) is 3.80. The number of halogens is 2. The molecule has 1 aliphatic rings. The molecule has 0 amide bonds. The number of rotatable bonds is 2. The zero-order valence-electron chi connectivity index (χ0n) is 8.94. The number of nitrogens with two attached hydrogens (primary N) is 1. The van der Waals surface area contributed by atoms with Gasteiger partial charge in [0.15, 0.2) is 0 Å². The highest BCUT2D eigenvalue weighted by atomic mass is 79.9. The van der Waals surface area contributed by atoms with Crippen LogP contribution in [0.25, 0.3) is 0 Å². The molecule has 1 saturated heterocycles. The van der Waals surface area contributed by atoms with Gasteiger partial charge in [0.25, 0.3) is 0 Å². The topological polar surface area (TPSA) is 63.4 Å². The Bertz CT molecular complexity index is 535. The molecule has 0 saturated carbocycles. The molecule has 0 spiro atoms. The average molecular weight is 340 g/mol. The summed E-state index contributed by atoms with van der Waals surface area (Å²) in [5, 5.41) is 0.384. The summed E-state index contributed by atoms with van der Waals surface area (Å²) in [5.74, 6) is 0. The van der Waals surface area contributed by atoms with Crippen molar-refractivity contribution >= 4 is 37.6 Å². The molecule has 0 radical (unpaired) electrons. The summed E-state index contributed by atoms with van der Waals surface area (Å²) in [5.41, 5.74) is 5.71. The van der Waals surface area contributed by atoms with Crippen LogP contribution in [-0.2, 0) is 10.0 Å². The number of benzene rings is 1. The molecular weight excluding hydrogens is 328 g/mol. The summed E-state index contributed by atoms with van der Waals surface area (Å²) in [6.07, 6.45) is 0.698. The highest BCUT2D eigenvalue weighted by molar-refractivity contribution is 9.10. The van der Waals surface area contributed by atoms with Crippen molar-refractivity contribution in [2.75, 3.05) is 13.1 Å². The third-order valence-corrected chi connectivity index (χ3v) is 5.81. The molecule has 0 aromatic heterocycles. The molecule has 1 aromatic carbocycles. The van der Waals surface area contributed by atoms with Gasteiger partial charge >= 0.3 is 0 Å². The van der Waals surface area contributed by atoms with Crippen molar-refractivity contribution in [2.45, 2.75) is 17.4 Å². The molecule has 1 atom stereocenters.